The SMILES string of the molecule is CCCC(C)CCC(CC)CNC(O)CC(F)(F)C(F)(F)OC(F)(F)C(F)(F)S(=O)O[C@@H]1[C@H](OC)O[C@@H]2COC(c3ccccc3)O[C@H]2[C@@H]1OCOCC. The Bertz CT molecular complexity index is 1280. The number of aliphatic hydroxyl groups excluding tert-OH is 1. The second-order valence-electron chi connectivity index (χ2n) is 13.2. The van der Waals surface area contributed by atoms with Gasteiger partial charge in [0.2, 0.25) is 11.1 Å². The summed E-state index contributed by atoms with van der Waals surface area (Å²) in [5.74, 6) is -5.37. The van der Waals surface area contributed by atoms with Crippen LogP contribution in [0.1, 0.15) is 78.1 Å². The summed E-state index contributed by atoms with van der Waals surface area (Å²) in [6, 6.07) is 8.35. The van der Waals surface area contributed by atoms with Crippen molar-refractivity contribution in [3.8, 4) is 0 Å². The van der Waals surface area contributed by atoms with Gasteiger partial charge in [0.15, 0.2) is 18.7 Å². The number of benzene rings is 1. The summed E-state index contributed by atoms with van der Waals surface area (Å²) in [6.07, 6.45) is -22.3. The molecular weight excluding hydrogens is 766 g/mol. The summed E-state index contributed by atoms with van der Waals surface area (Å²) in [5, 5.41) is 6.12. The Morgan fingerprint density at radius 1 is 0.963 bits per heavy atom. The van der Waals surface area contributed by atoms with Crippen LogP contribution in [0.5, 0.6) is 0 Å². The molecule has 314 valence electrons. The van der Waals surface area contributed by atoms with Crippen LogP contribution < -0.4 is 5.32 Å². The number of methoxy groups -OCH3 is 1. The number of rotatable bonds is 24. The topological polar surface area (TPSA) is 123 Å². The molecule has 20 heteroatoms. The smallest absolute Gasteiger partial charge is 0.378 e. The normalized spacial score (nSPS) is 26.6. The fourth-order valence-corrected chi connectivity index (χ4v) is 6.67. The van der Waals surface area contributed by atoms with Crippen molar-refractivity contribution in [2.75, 3.05) is 33.7 Å². The van der Waals surface area contributed by atoms with Gasteiger partial charge in [0.05, 0.1) is 13.0 Å². The van der Waals surface area contributed by atoms with E-state index in [4.69, 9.17) is 32.6 Å². The van der Waals surface area contributed by atoms with Gasteiger partial charge >= 0.3 is 23.4 Å². The molecule has 5 unspecified atom stereocenters. The third kappa shape index (κ3) is 12.2. The van der Waals surface area contributed by atoms with Crippen molar-refractivity contribution >= 4 is 11.1 Å². The molecule has 1 aromatic rings. The van der Waals surface area contributed by atoms with Crippen molar-refractivity contribution < 1.29 is 81.8 Å². The van der Waals surface area contributed by atoms with Gasteiger partial charge in [0, 0.05) is 25.8 Å². The molecule has 11 nitrogen and oxygen atoms in total. The van der Waals surface area contributed by atoms with E-state index in [0.717, 1.165) is 26.4 Å². The molecule has 2 saturated heterocycles. The van der Waals surface area contributed by atoms with Crippen LogP contribution in [0.4, 0.5) is 35.1 Å². The van der Waals surface area contributed by atoms with Crippen molar-refractivity contribution in [3.63, 3.8) is 0 Å². The van der Waals surface area contributed by atoms with Crippen LogP contribution in [0, 0.1) is 11.8 Å². The van der Waals surface area contributed by atoms with Crippen LogP contribution in [-0.2, 0) is 48.4 Å². The highest BCUT2D eigenvalue weighted by atomic mass is 32.2. The standard InChI is InChI=1S/C34H51F8NO10S/c1-6-12-21(4)15-16-22(7-2)18-43-25(44)17-31(35,36)32(37,38)53-33(39,40)34(41,42)54(45)52-28-27(49-20-47-8-3)26-24(50-30(28)46-5)19-48-29(51-26)23-13-10-9-11-14-23/h9-11,13-14,21-22,24-30,43-44H,6-8,12,15-20H2,1-5H3/t21?,22?,24-,25?,26-,27+,28+,29?,30-,54?/m1/s1. The number of aliphatic hydroxyl groups is 1. The third-order valence-corrected chi connectivity index (χ3v) is 10.1. The predicted molar refractivity (Wildman–Crippen MR) is 177 cm³/mol. The molecule has 2 heterocycles. The molecule has 1 aromatic carbocycles. The van der Waals surface area contributed by atoms with Crippen LogP contribution in [0.15, 0.2) is 30.3 Å². The van der Waals surface area contributed by atoms with Gasteiger partial charge in [-0.25, -0.2) is 8.95 Å². The van der Waals surface area contributed by atoms with Gasteiger partial charge in [0.25, 0.3) is 0 Å². The zero-order valence-corrected chi connectivity index (χ0v) is 31.5. The highest BCUT2D eigenvalue weighted by Crippen LogP contribution is 2.48. The summed E-state index contributed by atoms with van der Waals surface area (Å²) in [4.78, 5) is 0. The first-order valence-corrected chi connectivity index (χ1v) is 18.8. The quantitative estimate of drug-likeness (QED) is 0.0646. The Hall–Kier alpha value is -1.59. The lowest BCUT2D eigenvalue weighted by atomic mass is 9.92. The van der Waals surface area contributed by atoms with Crippen LogP contribution in [-0.4, -0.2) is 103 Å². The van der Waals surface area contributed by atoms with Gasteiger partial charge in [-0.2, -0.15) is 35.1 Å². The van der Waals surface area contributed by atoms with Crippen LogP contribution in [0.3, 0.4) is 0 Å². The summed E-state index contributed by atoms with van der Waals surface area (Å²) in [6.45, 7) is 6.76. The lowest BCUT2D eigenvalue weighted by Crippen LogP contribution is -2.64. The van der Waals surface area contributed by atoms with E-state index in [-0.39, 0.29) is 25.7 Å². The maximum absolute atomic E-state index is 15.1. The molecule has 0 aliphatic carbocycles. The second-order valence-corrected chi connectivity index (χ2v) is 14.4. The Labute approximate surface area is 312 Å². The first-order valence-electron chi connectivity index (χ1n) is 17.7. The van der Waals surface area contributed by atoms with E-state index in [1.165, 1.54) is 0 Å². The second kappa shape index (κ2) is 20.7. The largest absolute Gasteiger partial charge is 0.439 e. The van der Waals surface area contributed by atoms with Gasteiger partial charge in [-0.05, 0) is 25.2 Å². The molecule has 2 aliphatic rings. The predicted octanol–water partition coefficient (Wildman–Crippen LogP) is 6.87. The maximum atomic E-state index is 15.1. The van der Waals surface area contributed by atoms with Crippen LogP contribution in [0.25, 0.3) is 0 Å². The Balaban J connectivity index is 1.73. The Kier molecular flexibility index (Phi) is 18.0. The fourth-order valence-electron chi connectivity index (χ4n) is 5.92. The lowest BCUT2D eigenvalue weighted by Gasteiger charge is -2.48. The number of hydrogen-bond donors (Lipinski definition) is 2. The summed E-state index contributed by atoms with van der Waals surface area (Å²) in [5.41, 5.74) is 0.511. The average molecular weight is 818 g/mol. The van der Waals surface area contributed by atoms with Gasteiger partial charge in [-0.15, -0.1) is 0 Å². The van der Waals surface area contributed by atoms with Gasteiger partial charge in [-0.3, -0.25) is 9.50 Å². The Morgan fingerprint density at radius 2 is 1.65 bits per heavy atom. The maximum Gasteiger partial charge on any atom is 0.439 e. The minimum atomic E-state index is -6.53. The highest BCUT2D eigenvalue weighted by Gasteiger charge is 2.72. The van der Waals surface area contributed by atoms with E-state index in [1.54, 1.807) is 44.2 Å². The molecule has 0 radical (unpaired) electrons. The number of alkyl halides is 8. The van der Waals surface area contributed by atoms with Crippen molar-refractivity contribution in [2.45, 2.75) is 133 Å². The van der Waals surface area contributed by atoms with E-state index in [2.05, 4.69) is 10.1 Å². The number of nitrogens with one attached hydrogen (secondary N) is 1. The monoisotopic (exact) mass is 817 g/mol. The molecule has 2 aliphatic heterocycles. The van der Waals surface area contributed by atoms with E-state index in [9.17, 15) is 35.7 Å². The van der Waals surface area contributed by atoms with E-state index in [1.807, 2.05) is 13.8 Å². The molecule has 0 amide bonds. The lowest BCUT2D eigenvalue weighted by molar-refractivity contribution is -0.458. The van der Waals surface area contributed by atoms with Gasteiger partial charge in [-0.1, -0.05) is 76.8 Å². The molecule has 54 heavy (non-hydrogen) atoms. The van der Waals surface area contributed by atoms with Crippen molar-refractivity contribution in [1.29, 1.82) is 0 Å². The number of fused-ring (bicyclic) bond motifs is 1. The van der Waals surface area contributed by atoms with Gasteiger partial charge in [0.1, 0.15) is 31.3 Å². The molecule has 10 atom stereocenters. The minimum absolute atomic E-state index is 0.0707. The molecular formula is C34H51F8NO10S. The van der Waals surface area contributed by atoms with Crippen LogP contribution >= 0.6 is 0 Å². The van der Waals surface area contributed by atoms with E-state index >= 15 is 8.78 Å². The van der Waals surface area contributed by atoms with Crippen molar-refractivity contribution in [1.82, 2.24) is 5.32 Å². The number of halogens is 8. The van der Waals surface area contributed by atoms with Gasteiger partial charge < -0.3 is 33.5 Å². The van der Waals surface area contributed by atoms with Crippen molar-refractivity contribution in [2.24, 2.45) is 11.8 Å². The first kappa shape index (κ1) is 46.8. The first-order chi connectivity index (χ1) is 25.3. The van der Waals surface area contributed by atoms with E-state index in [0.29, 0.717) is 24.3 Å². The zero-order chi connectivity index (χ0) is 40.3. The molecule has 0 spiro atoms. The summed E-state index contributed by atoms with van der Waals surface area (Å²) >= 11 is -4.61. The Morgan fingerprint density at radius 3 is 2.26 bits per heavy atom. The molecule has 2 N–H and O–H groups in total. The number of ether oxygens (including phenoxy) is 7. The highest BCUT2D eigenvalue weighted by molar-refractivity contribution is 7.81. The summed E-state index contributed by atoms with van der Waals surface area (Å²) in [7, 11) is 0.999. The molecule has 0 saturated carbocycles. The minimum Gasteiger partial charge on any atom is -0.378 e. The molecule has 3 rings (SSSR count). The van der Waals surface area contributed by atoms with Crippen molar-refractivity contribution in [3.05, 3.63) is 35.9 Å². The summed E-state index contributed by atoms with van der Waals surface area (Å²) < 4.78 is 172. The van der Waals surface area contributed by atoms with Crippen LogP contribution in [0.2, 0.25) is 0 Å². The van der Waals surface area contributed by atoms with E-state index < -0.39 is 90.9 Å². The number of hydrogen-bond acceptors (Lipinski definition) is 11. The molecule has 0 aromatic heterocycles. The average Bonchev–Trinajstić information content (AvgIpc) is 3.11. The fraction of sp³-hybridized carbons (Fsp3) is 0.824. The molecule has 2 fully saturated rings. The molecule has 0 bridgehead atoms. The third-order valence-electron chi connectivity index (χ3n) is 9.08. The zero-order valence-electron chi connectivity index (χ0n) is 30.7.